The first kappa shape index (κ1) is 14.4. The van der Waals surface area contributed by atoms with Gasteiger partial charge in [0.25, 0.3) is 0 Å². The summed E-state index contributed by atoms with van der Waals surface area (Å²) in [6.07, 6.45) is 0. The predicted molar refractivity (Wildman–Crippen MR) is 78.9 cm³/mol. The molecule has 1 unspecified atom stereocenters. The molecule has 0 aliphatic carbocycles. The molecule has 5 heteroatoms. The highest BCUT2D eigenvalue weighted by Gasteiger charge is 2.36. The fourth-order valence-electron chi connectivity index (χ4n) is 2.40. The monoisotopic (exact) mass is 275 g/mol. The molecular formula is C15H21N3O2. The molecule has 5 nitrogen and oxygen atoms in total. The van der Waals surface area contributed by atoms with Gasteiger partial charge in [0.1, 0.15) is 17.6 Å². The lowest BCUT2D eigenvalue weighted by Crippen LogP contribution is -2.36. The van der Waals surface area contributed by atoms with E-state index in [0.29, 0.717) is 24.9 Å². The minimum atomic E-state index is -0.326. The highest BCUT2D eigenvalue weighted by atomic mass is 16.5. The molecule has 0 radical (unpaired) electrons. The van der Waals surface area contributed by atoms with Crippen molar-refractivity contribution in [3.63, 3.8) is 0 Å². The van der Waals surface area contributed by atoms with Crippen molar-refractivity contribution in [2.45, 2.75) is 26.8 Å². The lowest BCUT2D eigenvalue weighted by Gasteiger charge is -2.27. The molecule has 20 heavy (non-hydrogen) atoms. The lowest BCUT2D eigenvalue weighted by atomic mass is 10.0. The molecule has 0 spiro atoms. The van der Waals surface area contributed by atoms with Crippen LogP contribution >= 0.6 is 0 Å². The first-order chi connectivity index (χ1) is 9.54. The third-order valence-electron chi connectivity index (χ3n) is 3.14. The maximum Gasteiger partial charge on any atom is 0.346 e. The number of rotatable bonds is 5. The molecule has 2 N–H and O–H groups in total. The van der Waals surface area contributed by atoms with E-state index in [1.165, 1.54) is 0 Å². The summed E-state index contributed by atoms with van der Waals surface area (Å²) in [5.41, 5.74) is 6.86. The molecule has 0 saturated heterocycles. The summed E-state index contributed by atoms with van der Waals surface area (Å²) in [5.74, 6) is 1.44. The van der Waals surface area contributed by atoms with E-state index < -0.39 is 0 Å². The van der Waals surface area contributed by atoms with Gasteiger partial charge in [0.2, 0.25) is 0 Å². The first-order valence-electron chi connectivity index (χ1n) is 6.91. The Hall–Kier alpha value is -2.04. The number of carbonyl (C=O) groups is 1. The Kier molecular flexibility index (Phi) is 4.27. The van der Waals surface area contributed by atoms with E-state index in [1.54, 1.807) is 4.90 Å². The summed E-state index contributed by atoms with van der Waals surface area (Å²) in [7, 11) is 0. The maximum absolute atomic E-state index is 12.0. The average Bonchev–Trinajstić information content (AvgIpc) is 2.65. The number of para-hydroxylation sites is 1. The van der Waals surface area contributed by atoms with Crippen LogP contribution in [0.3, 0.4) is 0 Å². The largest absolute Gasteiger partial charge is 0.494 e. The third kappa shape index (κ3) is 2.76. The van der Waals surface area contributed by atoms with Crippen LogP contribution < -0.4 is 10.5 Å². The molecule has 1 aromatic carbocycles. The van der Waals surface area contributed by atoms with Crippen molar-refractivity contribution in [2.24, 2.45) is 16.6 Å². The van der Waals surface area contributed by atoms with Gasteiger partial charge in [-0.25, -0.2) is 4.79 Å². The third-order valence-corrected chi connectivity index (χ3v) is 3.14. The number of hydrogen-bond donors (Lipinski definition) is 1. The number of ether oxygens (including phenoxy) is 1. The van der Waals surface area contributed by atoms with E-state index in [2.05, 4.69) is 18.8 Å². The average molecular weight is 275 g/mol. The Bertz CT molecular complexity index is 526. The highest BCUT2D eigenvalue weighted by Crippen LogP contribution is 2.33. The Labute approximate surface area is 119 Å². The van der Waals surface area contributed by atoms with Gasteiger partial charge >= 0.3 is 6.03 Å². The van der Waals surface area contributed by atoms with E-state index in [4.69, 9.17) is 10.5 Å². The molecule has 108 valence electrons. The fraction of sp³-hybridized carbons (Fsp3) is 0.467. The number of carbonyl (C=O) groups excluding carboxylic acids is 1. The summed E-state index contributed by atoms with van der Waals surface area (Å²) >= 11 is 0. The molecule has 0 fully saturated rings. The summed E-state index contributed by atoms with van der Waals surface area (Å²) in [5, 5.41) is 0. The second-order valence-electron chi connectivity index (χ2n) is 5.24. The van der Waals surface area contributed by atoms with Crippen molar-refractivity contribution >= 4 is 11.9 Å². The number of nitrogens with zero attached hydrogens (tertiary/aromatic N) is 2. The molecule has 0 aromatic heterocycles. The van der Waals surface area contributed by atoms with Crippen molar-refractivity contribution in [1.29, 1.82) is 0 Å². The Morgan fingerprint density at radius 3 is 2.75 bits per heavy atom. The molecule has 0 saturated carbocycles. The predicted octanol–water partition coefficient (Wildman–Crippen LogP) is 2.58. The van der Waals surface area contributed by atoms with Gasteiger partial charge in [-0.15, -0.1) is 0 Å². The molecule has 1 atom stereocenters. The second-order valence-corrected chi connectivity index (χ2v) is 5.24. The Morgan fingerprint density at radius 2 is 2.10 bits per heavy atom. The van der Waals surface area contributed by atoms with Crippen molar-refractivity contribution in [1.82, 2.24) is 4.90 Å². The molecule has 1 heterocycles. The smallest absolute Gasteiger partial charge is 0.346 e. The molecule has 2 amide bonds. The maximum atomic E-state index is 12.0. The summed E-state index contributed by atoms with van der Waals surface area (Å²) < 4.78 is 5.64. The molecule has 1 aromatic rings. The Balaban J connectivity index is 2.38. The Morgan fingerprint density at radius 1 is 1.40 bits per heavy atom. The van der Waals surface area contributed by atoms with Gasteiger partial charge in [-0.3, -0.25) is 0 Å². The van der Waals surface area contributed by atoms with E-state index in [9.17, 15) is 4.79 Å². The normalized spacial score (nSPS) is 18.6. The van der Waals surface area contributed by atoms with Gasteiger partial charge in [0.05, 0.1) is 6.61 Å². The highest BCUT2D eigenvalue weighted by molar-refractivity contribution is 6.03. The van der Waals surface area contributed by atoms with E-state index in [1.807, 2.05) is 31.2 Å². The summed E-state index contributed by atoms with van der Waals surface area (Å²) in [6.45, 7) is 7.24. The van der Waals surface area contributed by atoms with Crippen molar-refractivity contribution < 1.29 is 9.53 Å². The molecular weight excluding hydrogens is 254 g/mol. The SMILES string of the molecule is CCOc1ccccc1C1C(N)=NC(=O)N1CC(C)C. The lowest BCUT2D eigenvalue weighted by molar-refractivity contribution is 0.197. The van der Waals surface area contributed by atoms with E-state index in [-0.39, 0.29) is 12.1 Å². The number of amidine groups is 1. The number of amides is 2. The van der Waals surface area contributed by atoms with Gasteiger partial charge in [-0.05, 0) is 18.9 Å². The molecule has 2 rings (SSSR count). The van der Waals surface area contributed by atoms with Crippen LogP contribution in [0.2, 0.25) is 0 Å². The van der Waals surface area contributed by atoms with Crippen LogP contribution in [0.25, 0.3) is 0 Å². The minimum absolute atomic E-state index is 0.271. The zero-order valence-electron chi connectivity index (χ0n) is 12.2. The van der Waals surface area contributed by atoms with Crippen LogP contribution in [0.15, 0.2) is 29.3 Å². The van der Waals surface area contributed by atoms with Crippen LogP contribution in [0, 0.1) is 5.92 Å². The van der Waals surface area contributed by atoms with Crippen LogP contribution in [-0.2, 0) is 0 Å². The van der Waals surface area contributed by atoms with Gasteiger partial charge in [0, 0.05) is 12.1 Å². The summed E-state index contributed by atoms with van der Waals surface area (Å²) in [6, 6.07) is 7.06. The fourth-order valence-corrected chi connectivity index (χ4v) is 2.40. The van der Waals surface area contributed by atoms with Crippen LogP contribution in [0.5, 0.6) is 5.75 Å². The van der Waals surface area contributed by atoms with Gasteiger partial charge < -0.3 is 15.4 Å². The van der Waals surface area contributed by atoms with Gasteiger partial charge in [0.15, 0.2) is 0 Å². The number of urea groups is 1. The standard InChI is InChI=1S/C15H21N3O2/c1-4-20-12-8-6-5-7-11(12)13-14(16)17-15(19)18(13)9-10(2)3/h5-8,10,13H,4,9H2,1-3H3,(H2,16,17,19). The van der Waals surface area contributed by atoms with Crippen molar-refractivity contribution in [2.75, 3.05) is 13.2 Å². The van der Waals surface area contributed by atoms with Crippen LogP contribution in [0.1, 0.15) is 32.4 Å². The van der Waals surface area contributed by atoms with Crippen molar-refractivity contribution in [3.05, 3.63) is 29.8 Å². The quantitative estimate of drug-likeness (QED) is 0.898. The van der Waals surface area contributed by atoms with E-state index >= 15 is 0 Å². The van der Waals surface area contributed by atoms with Crippen LogP contribution in [0.4, 0.5) is 4.79 Å². The molecule has 1 aliphatic heterocycles. The van der Waals surface area contributed by atoms with Gasteiger partial charge in [-0.2, -0.15) is 4.99 Å². The van der Waals surface area contributed by atoms with Crippen molar-refractivity contribution in [3.8, 4) is 5.75 Å². The second kappa shape index (κ2) is 5.94. The van der Waals surface area contributed by atoms with Gasteiger partial charge in [-0.1, -0.05) is 32.0 Å². The first-order valence-corrected chi connectivity index (χ1v) is 6.91. The minimum Gasteiger partial charge on any atom is -0.494 e. The number of benzene rings is 1. The zero-order valence-corrected chi connectivity index (χ0v) is 12.2. The molecule has 0 bridgehead atoms. The zero-order chi connectivity index (χ0) is 14.7. The molecule has 1 aliphatic rings. The number of nitrogens with two attached hydrogens (primary N) is 1. The van der Waals surface area contributed by atoms with E-state index in [0.717, 1.165) is 11.3 Å². The van der Waals surface area contributed by atoms with Crippen LogP contribution in [-0.4, -0.2) is 29.9 Å². The summed E-state index contributed by atoms with van der Waals surface area (Å²) in [4.78, 5) is 17.6. The number of hydrogen-bond acceptors (Lipinski definition) is 3. The topological polar surface area (TPSA) is 67.9 Å². The number of aliphatic imine (C=N–C) groups is 1.